The normalized spacial score (nSPS) is 13.1. The first-order chi connectivity index (χ1) is 54.4. The lowest BCUT2D eigenvalue weighted by Gasteiger charge is -2.24. The van der Waals surface area contributed by atoms with Gasteiger partial charge in [0.15, 0.2) is 0 Å². The first-order valence-corrected chi connectivity index (χ1v) is 37.5. The number of aromatic hydroxyl groups is 2. The van der Waals surface area contributed by atoms with E-state index in [-0.39, 0.29) is 49.4 Å². The summed E-state index contributed by atoms with van der Waals surface area (Å²) in [5.74, 6) is 1.66. The lowest BCUT2D eigenvalue weighted by molar-refractivity contribution is -0.143. The number of fused-ring (bicyclic) bond motifs is 38. The van der Waals surface area contributed by atoms with E-state index in [2.05, 4.69) is 34.2 Å². The Hall–Kier alpha value is -14.0. The molecule has 19 rings (SSSR count). The molecule has 0 unspecified atom stereocenters. The minimum absolute atomic E-state index is 0.0274. The average Bonchev–Trinajstić information content (AvgIpc) is 1.02. The van der Waals surface area contributed by atoms with E-state index in [1.807, 2.05) is 284 Å². The SMILES string of the molecule is CC(C)(C)C(=O)Oc1c2cc3ccccc3c1-c1c(O)c(cc3ccccc13)COc1cccc(c1)-c1c3nc(c4c5ccc([nH]5)c(c5nc(c(c6ccc1[nH]6)-c1cccc(c1)OC2)C=C5)-c1cccc(c1)OCc1cc2ccccc2c(c1O)-c1c(OC(=O)C(C)(C)C)c(cc2ccccc12)COc1cccc-4c1)C=C3. The van der Waals surface area contributed by atoms with Gasteiger partial charge in [-0.2, -0.15) is 0 Å². The number of rotatable bonds is 2. The number of phenolic OH excluding ortho intramolecular Hbond substituents is 2. The van der Waals surface area contributed by atoms with Crippen molar-refractivity contribution in [3.63, 3.8) is 0 Å². The van der Waals surface area contributed by atoms with Crippen molar-refractivity contribution in [1.29, 1.82) is 0 Å². The number of benzene rings is 12. The number of hydrogen-bond acceptors (Lipinski definition) is 12. The van der Waals surface area contributed by atoms with E-state index in [0.29, 0.717) is 90.3 Å². The van der Waals surface area contributed by atoms with Gasteiger partial charge in [0.2, 0.25) is 0 Å². The maximum Gasteiger partial charge on any atom is 0.316 e. The molecule has 0 saturated carbocycles. The number of aromatic amines is 2. The van der Waals surface area contributed by atoms with Crippen LogP contribution in [0.5, 0.6) is 46.0 Å². The Morgan fingerprint density at radius 3 is 0.884 bits per heavy atom. The van der Waals surface area contributed by atoms with E-state index in [9.17, 15) is 19.8 Å². The van der Waals surface area contributed by atoms with Gasteiger partial charge in [0.25, 0.3) is 0 Å². The Morgan fingerprint density at radius 2 is 0.589 bits per heavy atom. The van der Waals surface area contributed by atoms with Crippen LogP contribution in [0.25, 0.3) is 156 Å². The minimum atomic E-state index is -0.919. The Bertz CT molecular complexity index is 6360. The fourth-order valence-corrected chi connectivity index (χ4v) is 15.8. The van der Waals surface area contributed by atoms with Crippen LogP contribution in [0.2, 0.25) is 0 Å². The van der Waals surface area contributed by atoms with Crippen molar-refractivity contribution in [1.82, 2.24) is 19.9 Å². The molecule has 0 radical (unpaired) electrons. The summed E-state index contributed by atoms with van der Waals surface area (Å²) in [4.78, 5) is 48.3. The van der Waals surface area contributed by atoms with Crippen molar-refractivity contribution in [3.8, 4) is 113 Å². The van der Waals surface area contributed by atoms with Crippen LogP contribution in [-0.4, -0.2) is 42.1 Å². The molecule has 14 heteroatoms. The number of aromatic nitrogens is 4. The van der Waals surface area contributed by atoms with Crippen molar-refractivity contribution in [2.24, 2.45) is 10.8 Å². The van der Waals surface area contributed by atoms with Gasteiger partial charge in [-0.15, -0.1) is 0 Å². The molecule has 4 aliphatic heterocycles. The van der Waals surface area contributed by atoms with Crippen molar-refractivity contribution >= 4 is 101 Å². The number of hydrogen-bond donors (Lipinski definition) is 4. The van der Waals surface area contributed by atoms with Crippen molar-refractivity contribution in [3.05, 3.63) is 288 Å². The maximum atomic E-state index is 14.5. The highest BCUT2D eigenvalue weighted by atomic mass is 16.5. The summed E-state index contributed by atoms with van der Waals surface area (Å²) in [6, 6.07) is 79.6. The summed E-state index contributed by atoms with van der Waals surface area (Å²) in [6.07, 6.45) is 8.18. The third-order valence-electron chi connectivity index (χ3n) is 21.3. The van der Waals surface area contributed by atoms with Gasteiger partial charge in [0.1, 0.15) is 72.4 Å². The van der Waals surface area contributed by atoms with E-state index in [1.54, 1.807) is 0 Å². The highest BCUT2D eigenvalue weighted by Gasteiger charge is 2.33. The smallest absolute Gasteiger partial charge is 0.316 e. The molecule has 0 amide bonds. The molecule has 15 aromatic rings. The number of esters is 2. The molecule has 28 bridgehead atoms. The standard InChI is InChI=1S/C98H74N4O10/c1-97(2,3)95(105)111-93-65-45-57-21-9-13-33-73(57)89(93)87-71-31-11-7-19-55(71)43-63(91(87)103)51-107-67-27-15-23-59(47-67)83-75-35-39-79(99-75)85(61-25-17-29-69(49-61)109-53-65)81-41-37-77(101-81)84-60-24-16-28-68(48-60)108-52-64-44-56-20-8-12-32-72(56)88(92(64)104)90-74-34-14-10-22-58(74)46-66(94(90)112-96(106)98(4,5)6)54-110-70-30-18-26-62(50-70)86(80-40-36-76(84)100-80)82-42-38-78(83)102-82/h7-50,99-100,103-104H,51-54H2,1-6H3. The number of carbonyl (C=O) groups is 2. The molecule has 3 aromatic heterocycles. The summed E-state index contributed by atoms with van der Waals surface area (Å²) < 4.78 is 41.3. The molecule has 546 valence electrons. The molecule has 0 fully saturated rings. The zero-order valence-electron chi connectivity index (χ0n) is 62.3. The van der Waals surface area contributed by atoms with E-state index in [0.717, 1.165) is 110 Å². The third-order valence-corrected chi connectivity index (χ3v) is 21.3. The predicted molar refractivity (Wildman–Crippen MR) is 445 cm³/mol. The molecule has 0 aliphatic carbocycles. The monoisotopic (exact) mass is 1470 g/mol. The first-order valence-electron chi connectivity index (χ1n) is 37.5. The van der Waals surface area contributed by atoms with Gasteiger partial charge >= 0.3 is 11.9 Å². The Balaban J connectivity index is 0.866. The minimum Gasteiger partial charge on any atom is -0.507 e. The zero-order valence-corrected chi connectivity index (χ0v) is 62.3. The molecular formula is C98H74N4O10. The number of phenols is 2. The van der Waals surface area contributed by atoms with Gasteiger partial charge in [0.05, 0.1) is 33.6 Å². The van der Waals surface area contributed by atoms with Crippen molar-refractivity contribution in [2.45, 2.75) is 68.0 Å². The molecule has 7 heterocycles. The Labute approximate surface area is 645 Å². The van der Waals surface area contributed by atoms with Crippen LogP contribution in [-0.2, 0) is 36.0 Å². The van der Waals surface area contributed by atoms with E-state index >= 15 is 0 Å². The molecule has 14 nitrogen and oxygen atoms in total. The predicted octanol–water partition coefficient (Wildman–Crippen LogP) is 23.5. The van der Waals surface area contributed by atoms with Crippen LogP contribution in [0.3, 0.4) is 0 Å². The van der Waals surface area contributed by atoms with Crippen molar-refractivity contribution < 1.29 is 48.2 Å². The number of H-pyrrole nitrogens is 2. The topological polar surface area (TPSA) is 187 Å². The molecule has 4 N–H and O–H groups in total. The summed E-state index contributed by atoms with van der Waals surface area (Å²) in [6.45, 7) is 10.8. The van der Waals surface area contributed by atoms with E-state index < -0.39 is 22.8 Å². The molecule has 4 aliphatic rings. The number of ether oxygens (including phenoxy) is 6. The second kappa shape index (κ2) is 27.0. The fraction of sp³-hybridized carbons (Fsp3) is 0.122. The summed E-state index contributed by atoms with van der Waals surface area (Å²) in [5.41, 5.74) is 14.2. The molecule has 0 atom stereocenters. The van der Waals surface area contributed by atoms with Crippen LogP contribution >= 0.6 is 0 Å². The van der Waals surface area contributed by atoms with E-state index in [4.69, 9.17) is 38.4 Å². The van der Waals surface area contributed by atoms with E-state index in [1.165, 1.54) is 0 Å². The highest BCUT2D eigenvalue weighted by Crippen LogP contribution is 2.53. The molecule has 0 spiro atoms. The van der Waals surface area contributed by atoms with Gasteiger partial charge in [-0.3, -0.25) is 9.59 Å². The van der Waals surface area contributed by atoms with Gasteiger partial charge < -0.3 is 48.6 Å². The largest absolute Gasteiger partial charge is 0.507 e. The lowest BCUT2D eigenvalue weighted by atomic mass is 9.88. The van der Waals surface area contributed by atoms with Gasteiger partial charge in [-0.25, -0.2) is 9.97 Å². The lowest BCUT2D eigenvalue weighted by Crippen LogP contribution is -2.26. The van der Waals surface area contributed by atoms with Crippen LogP contribution < -0.4 is 28.4 Å². The first kappa shape index (κ1) is 68.5. The van der Waals surface area contributed by atoms with Crippen LogP contribution in [0, 0.1) is 10.8 Å². The molecular weight excluding hydrogens is 1390 g/mol. The quantitative estimate of drug-likeness (QED) is 0.0949. The maximum absolute atomic E-state index is 14.5. The van der Waals surface area contributed by atoms with Gasteiger partial charge in [-0.05, 0) is 228 Å². The Morgan fingerprint density at radius 1 is 0.321 bits per heavy atom. The molecule has 0 saturated heterocycles. The third kappa shape index (κ3) is 12.3. The number of carbonyl (C=O) groups excluding carboxylic acids is 2. The second-order valence-electron chi connectivity index (χ2n) is 30.9. The molecule has 12 aromatic carbocycles. The second-order valence-corrected chi connectivity index (χ2v) is 30.9. The average molecular weight is 1470 g/mol. The highest BCUT2D eigenvalue weighted by molar-refractivity contribution is 6.13. The number of nitrogens with one attached hydrogen (secondary N) is 2. The summed E-state index contributed by atoms with van der Waals surface area (Å²) in [5, 5.41) is 32.6. The van der Waals surface area contributed by atoms with Crippen LogP contribution in [0.4, 0.5) is 0 Å². The Kier molecular flexibility index (Phi) is 16.5. The van der Waals surface area contributed by atoms with Crippen molar-refractivity contribution in [2.75, 3.05) is 0 Å². The summed E-state index contributed by atoms with van der Waals surface area (Å²) in [7, 11) is 0. The zero-order chi connectivity index (χ0) is 76.3. The fourth-order valence-electron chi connectivity index (χ4n) is 15.8. The van der Waals surface area contributed by atoms with Crippen LogP contribution in [0.1, 0.15) is 86.6 Å². The van der Waals surface area contributed by atoms with Crippen LogP contribution in [0.15, 0.2) is 243 Å². The molecule has 112 heavy (non-hydrogen) atoms. The summed E-state index contributed by atoms with van der Waals surface area (Å²) >= 11 is 0. The van der Waals surface area contributed by atoms with Gasteiger partial charge in [-0.1, -0.05) is 146 Å². The van der Waals surface area contributed by atoms with Gasteiger partial charge in [0, 0.05) is 88.8 Å². The number of nitrogens with zero attached hydrogens (tertiary/aromatic N) is 2.